The Bertz CT molecular complexity index is 630. The molecule has 0 saturated carbocycles. The zero-order valence-electron chi connectivity index (χ0n) is 11.0. The molecule has 5 heteroatoms. The number of carboxylic acid groups (broad SMARTS) is 1. The van der Waals surface area contributed by atoms with Gasteiger partial charge in [0.05, 0.1) is 25.3 Å². The molecular formula is C15H13FO4. The highest BCUT2D eigenvalue weighted by molar-refractivity contribution is 5.98. The van der Waals surface area contributed by atoms with E-state index in [-0.39, 0.29) is 11.1 Å². The Labute approximate surface area is 115 Å². The van der Waals surface area contributed by atoms with Crippen molar-refractivity contribution in [1.29, 1.82) is 0 Å². The van der Waals surface area contributed by atoms with Crippen molar-refractivity contribution in [3.63, 3.8) is 0 Å². The van der Waals surface area contributed by atoms with Crippen LogP contribution < -0.4 is 9.47 Å². The molecule has 0 aromatic heterocycles. The van der Waals surface area contributed by atoms with Crippen LogP contribution in [-0.4, -0.2) is 25.3 Å². The quantitative estimate of drug-likeness (QED) is 0.931. The fourth-order valence-electron chi connectivity index (χ4n) is 2.03. The second-order valence-corrected chi connectivity index (χ2v) is 4.03. The van der Waals surface area contributed by atoms with Crippen molar-refractivity contribution in [3.8, 4) is 22.6 Å². The SMILES string of the molecule is COc1cccc(OC)c1-c1cc(F)ccc1C(=O)O. The van der Waals surface area contributed by atoms with Crippen LogP contribution >= 0.6 is 0 Å². The summed E-state index contributed by atoms with van der Waals surface area (Å²) in [6, 6.07) is 8.52. The van der Waals surface area contributed by atoms with Crippen molar-refractivity contribution in [1.82, 2.24) is 0 Å². The summed E-state index contributed by atoms with van der Waals surface area (Å²) in [7, 11) is 2.91. The zero-order valence-corrected chi connectivity index (χ0v) is 11.0. The molecule has 1 N–H and O–H groups in total. The minimum absolute atomic E-state index is 0.0193. The van der Waals surface area contributed by atoms with Gasteiger partial charge in [-0.3, -0.25) is 0 Å². The zero-order chi connectivity index (χ0) is 14.7. The van der Waals surface area contributed by atoms with E-state index in [1.165, 1.54) is 20.3 Å². The molecule has 0 spiro atoms. The Morgan fingerprint density at radius 3 is 2.20 bits per heavy atom. The average Bonchev–Trinajstić information content (AvgIpc) is 2.45. The number of carbonyl (C=O) groups is 1. The number of halogens is 1. The first kappa shape index (κ1) is 13.9. The third-order valence-electron chi connectivity index (χ3n) is 2.91. The van der Waals surface area contributed by atoms with Crippen molar-refractivity contribution in [2.45, 2.75) is 0 Å². The Kier molecular flexibility index (Phi) is 3.89. The van der Waals surface area contributed by atoms with Gasteiger partial charge in [0.1, 0.15) is 17.3 Å². The predicted molar refractivity (Wildman–Crippen MR) is 71.9 cm³/mol. The maximum atomic E-state index is 13.5. The van der Waals surface area contributed by atoms with Gasteiger partial charge in [0.25, 0.3) is 0 Å². The highest BCUT2D eigenvalue weighted by Gasteiger charge is 2.19. The maximum Gasteiger partial charge on any atom is 0.336 e. The number of benzene rings is 2. The molecule has 0 heterocycles. The van der Waals surface area contributed by atoms with Crippen LogP contribution in [0, 0.1) is 5.82 Å². The second-order valence-electron chi connectivity index (χ2n) is 4.03. The van der Waals surface area contributed by atoms with Gasteiger partial charge in [-0.15, -0.1) is 0 Å². The van der Waals surface area contributed by atoms with E-state index in [1.54, 1.807) is 18.2 Å². The molecule has 20 heavy (non-hydrogen) atoms. The minimum Gasteiger partial charge on any atom is -0.496 e. The number of methoxy groups -OCH3 is 2. The summed E-state index contributed by atoms with van der Waals surface area (Å²) in [5.74, 6) is -0.846. The number of hydrogen-bond donors (Lipinski definition) is 1. The van der Waals surface area contributed by atoms with Crippen molar-refractivity contribution in [2.75, 3.05) is 14.2 Å². The van der Waals surface area contributed by atoms with E-state index in [0.717, 1.165) is 12.1 Å². The third kappa shape index (κ3) is 2.42. The highest BCUT2D eigenvalue weighted by Crippen LogP contribution is 2.40. The van der Waals surface area contributed by atoms with E-state index in [4.69, 9.17) is 9.47 Å². The molecule has 2 aromatic carbocycles. The summed E-state index contributed by atoms with van der Waals surface area (Å²) in [5.41, 5.74) is 0.607. The smallest absolute Gasteiger partial charge is 0.336 e. The Balaban J connectivity index is 2.79. The lowest BCUT2D eigenvalue weighted by Crippen LogP contribution is -2.02. The lowest BCUT2D eigenvalue weighted by Gasteiger charge is -2.15. The maximum absolute atomic E-state index is 13.5. The van der Waals surface area contributed by atoms with Crippen LogP contribution in [0.25, 0.3) is 11.1 Å². The first-order chi connectivity index (χ1) is 9.58. The van der Waals surface area contributed by atoms with Crippen molar-refractivity contribution < 1.29 is 23.8 Å². The molecule has 0 radical (unpaired) electrons. The first-order valence-corrected chi connectivity index (χ1v) is 5.82. The van der Waals surface area contributed by atoms with Crippen LogP contribution in [0.4, 0.5) is 4.39 Å². The minimum atomic E-state index is -1.15. The van der Waals surface area contributed by atoms with Gasteiger partial charge in [-0.25, -0.2) is 9.18 Å². The molecule has 0 aliphatic carbocycles. The van der Waals surface area contributed by atoms with E-state index in [9.17, 15) is 14.3 Å². The molecule has 4 nitrogen and oxygen atoms in total. The van der Waals surface area contributed by atoms with Crippen molar-refractivity contribution >= 4 is 5.97 Å². The van der Waals surface area contributed by atoms with Crippen molar-refractivity contribution in [2.24, 2.45) is 0 Å². The summed E-state index contributed by atoms with van der Waals surface area (Å²) in [4.78, 5) is 11.3. The number of ether oxygens (including phenoxy) is 2. The summed E-state index contributed by atoms with van der Waals surface area (Å²) >= 11 is 0. The van der Waals surface area contributed by atoms with E-state index in [1.807, 2.05) is 0 Å². The van der Waals surface area contributed by atoms with Gasteiger partial charge in [0.2, 0.25) is 0 Å². The van der Waals surface area contributed by atoms with Gasteiger partial charge < -0.3 is 14.6 Å². The average molecular weight is 276 g/mol. The van der Waals surface area contributed by atoms with Gasteiger partial charge in [0, 0.05) is 5.56 Å². The molecular weight excluding hydrogens is 263 g/mol. The molecule has 0 bridgehead atoms. The van der Waals surface area contributed by atoms with Crippen LogP contribution in [0.5, 0.6) is 11.5 Å². The van der Waals surface area contributed by atoms with Gasteiger partial charge in [0.15, 0.2) is 0 Å². The van der Waals surface area contributed by atoms with Crippen molar-refractivity contribution in [3.05, 3.63) is 47.8 Å². The molecule has 0 aliphatic rings. The number of hydrogen-bond acceptors (Lipinski definition) is 3. The highest BCUT2D eigenvalue weighted by atomic mass is 19.1. The van der Waals surface area contributed by atoms with Crippen LogP contribution in [0.15, 0.2) is 36.4 Å². The monoisotopic (exact) mass is 276 g/mol. The van der Waals surface area contributed by atoms with Crippen LogP contribution in [0.1, 0.15) is 10.4 Å². The summed E-state index contributed by atoms with van der Waals surface area (Å²) < 4.78 is 23.9. The number of aromatic carboxylic acids is 1. The van der Waals surface area contributed by atoms with E-state index in [2.05, 4.69) is 0 Å². The summed E-state index contributed by atoms with van der Waals surface area (Å²) in [6.45, 7) is 0. The largest absolute Gasteiger partial charge is 0.496 e. The topological polar surface area (TPSA) is 55.8 Å². The molecule has 0 atom stereocenters. The van der Waals surface area contributed by atoms with Gasteiger partial charge in [-0.2, -0.15) is 0 Å². The van der Waals surface area contributed by atoms with E-state index < -0.39 is 11.8 Å². The Hall–Kier alpha value is -2.56. The summed E-state index contributed by atoms with van der Waals surface area (Å²) in [5, 5.41) is 9.24. The molecule has 0 amide bonds. The van der Waals surface area contributed by atoms with E-state index in [0.29, 0.717) is 17.1 Å². The van der Waals surface area contributed by atoms with Gasteiger partial charge >= 0.3 is 5.97 Å². The third-order valence-corrected chi connectivity index (χ3v) is 2.91. The Morgan fingerprint density at radius 1 is 1.10 bits per heavy atom. The summed E-state index contributed by atoms with van der Waals surface area (Å²) in [6.07, 6.45) is 0. The molecule has 0 unspecified atom stereocenters. The lowest BCUT2D eigenvalue weighted by atomic mass is 9.97. The van der Waals surface area contributed by atoms with Gasteiger partial charge in [-0.1, -0.05) is 6.07 Å². The van der Waals surface area contributed by atoms with E-state index >= 15 is 0 Å². The fraction of sp³-hybridized carbons (Fsp3) is 0.133. The molecule has 0 aliphatic heterocycles. The number of rotatable bonds is 4. The first-order valence-electron chi connectivity index (χ1n) is 5.82. The van der Waals surface area contributed by atoms with Gasteiger partial charge in [-0.05, 0) is 30.3 Å². The Morgan fingerprint density at radius 2 is 1.70 bits per heavy atom. The number of carboxylic acids is 1. The molecule has 104 valence electrons. The predicted octanol–water partition coefficient (Wildman–Crippen LogP) is 3.21. The second kappa shape index (κ2) is 5.61. The molecule has 2 aromatic rings. The standard InChI is InChI=1S/C15H13FO4/c1-19-12-4-3-5-13(20-2)14(12)11-8-9(16)6-7-10(11)15(17)18/h3-8H,1-2H3,(H,17,18). The molecule has 2 rings (SSSR count). The molecule has 0 saturated heterocycles. The fourth-order valence-corrected chi connectivity index (χ4v) is 2.03. The lowest BCUT2D eigenvalue weighted by molar-refractivity contribution is 0.0697. The van der Waals surface area contributed by atoms with Crippen LogP contribution in [-0.2, 0) is 0 Å². The van der Waals surface area contributed by atoms with Crippen LogP contribution in [0.2, 0.25) is 0 Å². The normalized spacial score (nSPS) is 10.2. The van der Waals surface area contributed by atoms with Crippen LogP contribution in [0.3, 0.4) is 0 Å². The molecule has 0 fully saturated rings.